The summed E-state index contributed by atoms with van der Waals surface area (Å²) in [6.45, 7) is 13.4. The fourth-order valence-electron chi connectivity index (χ4n) is 2.52. The van der Waals surface area contributed by atoms with Crippen molar-refractivity contribution < 1.29 is 9.26 Å². The number of hydrogen-bond donors (Lipinski definition) is 2. The van der Waals surface area contributed by atoms with E-state index in [1.807, 2.05) is 0 Å². The van der Waals surface area contributed by atoms with Crippen LogP contribution in [0.15, 0.2) is 9.52 Å². The van der Waals surface area contributed by atoms with Gasteiger partial charge in [0.15, 0.2) is 11.8 Å². The van der Waals surface area contributed by atoms with Crippen molar-refractivity contribution in [1.29, 1.82) is 0 Å². The van der Waals surface area contributed by atoms with Crippen LogP contribution in [-0.2, 0) is 11.2 Å². The Labute approximate surface area is 173 Å². The second-order valence-corrected chi connectivity index (χ2v) is 6.45. The summed E-state index contributed by atoms with van der Waals surface area (Å²) in [6, 6.07) is 0. The molecule has 0 saturated carbocycles. The molecule has 9 heteroatoms. The van der Waals surface area contributed by atoms with Gasteiger partial charge in [0.1, 0.15) is 0 Å². The Morgan fingerprint density at radius 2 is 2.04 bits per heavy atom. The molecule has 1 aliphatic heterocycles. The van der Waals surface area contributed by atoms with Crippen LogP contribution in [0.5, 0.6) is 0 Å². The summed E-state index contributed by atoms with van der Waals surface area (Å²) in [7, 11) is 0. The number of hydrogen-bond acceptors (Lipinski definition) is 6. The lowest BCUT2D eigenvalue weighted by Gasteiger charge is -2.26. The maximum absolute atomic E-state index is 5.37. The van der Waals surface area contributed by atoms with Gasteiger partial charge in [0.25, 0.3) is 0 Å². The summed E-state index contributed by atoms with van der Waals surface area (Å²) in [5, 5.41) is 10.7. The zero-order valence-electron chi connectivity index (χ0n) is 16.2. The molecular weight excluding hydrogens is 447 g/mol. The maximum atomic E-state index is 5.37. The molecule has 0 radical (unpaired) electrons. The number of aryl methyl sites for hydroxylation is 1. The van der Waals surface area contributed by atoms with Gasteiger partial charge in [-0.05, 0) is 13.3 Å². The van der Waals surface area contributed by atoms with Crippen molar-refractivity contribution in [2.24, 2.45) is 4.99 Å². The van der Waals surface area contributed by atoms with Crippen molar-refractivity contribution in [3.05, 3.63) is 11.7 Å². The number of rotatable bonds is 9. The van der Waals surface area contributed by atoms with E-state index in [0.29, 0.717) is 11.8 Å². The van der Waals surface area contributed by atoms with Crippen molar-refractivity contribution in [2.45, 2.75) is 39.5 Å². The van der Waals surface area contributed by atoms with Crippen LogP contribution in [0, 0.1) is 0 Å². The van der Waals surface area contributed by atoms with Crippen LogP contribution < -0.4 is 10.6 Å². The van der Waals surface area contributed by atoms with Crippen LogP contribution in [0.25, 0.3) is 0 Å². The monoisotopic (exact) mass is 480 g/mol. The molecule has 0 unspecified atom stereocenters. The number of aromatic nitrogens is 2. The summed E-state index contributed by atoms with van der Waals surface area (Å²) >= 11 is 0. The highest BCUT2D eigenvalue weighted by molar-refractivity contribution is 14.0. The van der Waals surface area contributed by atoms with E-state index in [0.717, 1.165) is 77.1 Å². The van der Waals surface area contributed by atoms with Crippen LogP contribution in [0.2, 0.25) is 0 Å². The van der Waals surface area contributed by atoms with E-state index in [9.17, 15) is 0 Å². The first-order chi connectivity index (χ1) is 12.2. The number of halogens is 1. The molecule has 1 fully saturated rings. The van der Waals surface area contributed by atoms with Crippen LogP contribution >= 0.6 is 24.0 Å². The molecular formula is C17H33IN6O2. The summed E-state index contributed by atoms with van der Waals surface area (Å²) in [5.41, 5.74) is 0. The third kappa shape index (κ3) is 8.63. The number of ether oxygens (including phenoxy) is 1. The van der Waals surface area contributed by atoms with Gasteiger partial charge in [-0.15, -0.1) is 24.0 Å². The number of nitrogens with zero attached hydrogens (tertiary/aromatic N) is 4. The topological polar surface area (TPSA) is 87.8 Å². The summed E-state index contributed by atoms with van der Waals surface area (Å²) in [5.74, 6) is 2.64. The van der Waals surface area contributed by atoms with Gasteiger partial charge in [-0.25, -0.2) is 0 Å². The van der Waals surface area contributed by atoms with Gasteiger partial charge in [-0.2, -0.15) is 4.98 Å². The van der Waals surface area contributed by atoms with Crippen LogP contribution in [-0.4, -0.2) is 73.5 Å². The Kier molecular flexibility index (Phi) is 11.8. The van der Waals surface area contributed by atoms with Crippen molar-refractivity contribution >= 4 is 29.9 Å². The van der Waals surface area contributed by atoms with E-state index < -0.39 is 0 Å². The Bertz CT molecular complexity index is 517. The highest BCUT2D eigenvalue weighted by atomic mass is 127. The van der Waals surface area contributed by atoms with Gasteiger partial charge in [-0.3, -0.25) is 9.89 Å². The molecule has 1 aromatic heterocycles. The summed E-state index contributed by atoms with van der Waals surface area (Å²) in [6.07, 6.45) is 1.65. The molecule has 8 nitrogen and oxygen atoms in total. The second kappa shape index (κ2) is 13.3. The number of guanidine groups is 1. The highest BCUT2D eigenvalue weighted by Gasteiger charge is 2.10. The third-order valence-electron chi connectivity index (χ3n) is 3.99. The molecule has 2 N–H and O–H groups in total. The third-order valence-corrected chi connectivity index (χ3v) is 3.99. The van der Waals surface area contributed by atoms with Crippen LogP contribution in [0.4, 0.5) is 0 Å². The molecule has 0 amide bonds. The van der Waals surface area contributed by atoms with Gasteiger partial charge in [0, 0.05) is 51.6 Å². The van der Waals surface area contributed by atoms with E-state index >= 15 is 0 Å². The molecule has 0 atom stereocenters. The van der Waals surface area contributed by atoms with Gasteiger partial charge in [-0.1, -0.05) is 19.0 Å². The smallest absolute Gasteiger partial charge is 0.226 e. The molecule has 26 heavy (non-hydrogen) atoms. The molecule has 0 aromatic carbocycles. The van der Waals surface area contributed by atoms with Crippen molar-refractivity contribution in [3.8, 4) is 0 Å². The van der Waals surface area contributed by atoms with E-state index in [1.165, 1.54) is 0 Å². The Morgan fingerprint density at radius 3 is 2.69 bits per heavy atom. The first kappa shape index (κ1) is 23.1. The Morgan fingerprint density at radius 1 is 1.27 bits per heavy atom. The Hall–Kier alpha value is -0.940. The zero-order chi connectivity index (χ0) is 17.9. The number of aliphatic imine (C=N–C) groups is 1. The molecule has 0 bridgehead atoms. The quantitative estimate of drug-likeness (QED) is 0.241. The molecule has 150 valence electrons. The lowest BCUT2D eigenvalue weighted by molar-refractivity contribution is 0.0389. The van der Waals surface area contributed by atoms with E-state index in [1.54, 1.807) is 0 Å². The fourth-order valence-corrected chi connectivity index (χ4v) is 2.52. The van der Waals surface area contributed by atoms with Gasteiger partial charge in [0.05, 0.1) is 13.2 Å². The minimum absolute atomic E-state index is 0. The maximum Gasteiger partial charge on any atom is 0.226 e. The fraction of sp³-hybridized carbons (Fsp3) is 0.824. The molecule has 1 saturated heterocycles. The predicted octanol–water partition coefficient (Wildman–Crippen LogP) is 1.63. The predicted molar refractivity (Wildman–Crippen MR) is 113 cm³/mol. The van der Waals surface area contributed by atoms with E-state index in [-0.39, 0.29) is 24.0 Å². The number of morpholine rings is 1. The minimum Gasteiger partial charge on any atom is -0.379 e. The Balaban J connectivity index is 0.00000338. The molecule has 1 aromatic rings. The van der Waals surface area contributed by atoms with Crippen molar-refractivity contribution in [1.82, 2.24) is 25.7 Å². The summed E-state index contributed by atoms with van der Waals surface area (Å²) < 4.78 is 10.6. The number of nitrogens with one attached hydrogen (secondary N) is 2. The average molecular weight is 480 g/mol. The minimum atomic E-state index is 0. The average Bonchev–Trinajstić information content (AvgIpc) is 3.09. The molecule has 0 spiro atoms. The lowest BCUT2D eigenvalue weighted by atomic mass is 10.2. The molecule has 1 aliphatic rings. The highest BCUT2D eigenvalue weighted by Crippen LogP contribution is 2.10. The van der Waals surface area contributed by atoms with Gasteiger partial charge < -0.3 is 19.9 Å². The van der Waals surface area contributed by atoms with Crippen LogP contribution in [0.1, 0.15) is 44.8 Å². The molecule has 2 heterocycles. The van der Waals surface area contributed by atoms with Gasteiger partial charge in [0.2, 0.25) is 5.89 Å². The van der Waals surface area contributed by atoms with Crippen molar-refractivity contribution in [2.75, 3.05) is 52.5 Å². The lowest BCUT2D eigenvalue weighted by Crippen LogP contribution is -2.44. The largest absolute Gasteiger partial charge is 0.379 e. The van der Waals surface area contributed by atoms with Crippen LogP contribution in [0.3, 0.4) is 0 Å². The molecule has 0 aliphatic carbocycles. The second-order valence-electron chi connectivity index (χ2n) is 6.45. The van der Waals surface area contributed by atoms with E-state index in [2.05, 4.69) is 51.4 Å². The van der Waals surface area contributed by atoms with E-state index in [4.69, 9.17) is 9.26 Å². The SMILES string of the molecule is CCNC(=NCCCc1nc(C(C)C)no1)NCCN1CCOCC1.I. The van der Waals surface area contributed by atoms with Crippen molar-refractivity contribution in [3.63, 3.8) is 0 Å². The summed E-state index contributed by atoms with van der Waals surface area (Å²) in [4.78, 5) is 11.4. The van der Waals surface area contributed by atoms with Gasteiger partial charge >= 0.3 is 0 Å². The molecule has 2 rings (SSSR count). The first-order valence-electron chi connectivity index (χ1n) is 9.33. The normalized spacial score (nSPS) is 15.8. The zero-order valence-corrected chi connectivity index (χ0v) is 18.5. The first-order valence-corrected chi connectivity index (χ1v) is 9.33. The standard InChI is InChI=1S/C17H32N6O2.HI/c1-4-18-17(20-8-9-23-10-12-24-13-11-23)19-7-5-6-15-21-16(14(2)3)22-25-15;/h14H,4-13H2,1-3H3,(H2,18,19,20);1H.